The fraction of sp³-hybridized carbons (Fsp3) is 0.304. The molecule has 0 radical (unpaired) electrons. The fourth-order valence-electron chi connectivity index (χ4n) is 10.2. The van der Waals surface area contributed by atoms with E-state index in [1.807, 2.05) is 6.92 Å². The zero-order valence-electron chi connectivity index (χ0n) is 59.5. The molecule has 39 heteroatoms. The van der Waals surface area contributed by atoms with E-state index in [0.29, 0.717) is 79.5 Å². The summed E-state index contributed by atoms with van der Waals surface area (Å²) in [7, 11) is 1.67. The first-order valence-electron chi connectivity index (χ1n) is 32.7. The molecule has 0 saturated heterocycles. The number of aromatic nitrogens is 16. The third-order valence-corrected chi connectivity index (χ3v) is 15.8. The number of rotatable bonds is 22. The number of pyridine rings is 4. The van der Waals surface area contributed by atoms with E-state index >= 15 is 0 Å². The van der Waals surface area contributed by atoms with Gasteiger partial charge in [-0.3, -0.25) is 19.2 Å². The Morgan fingerprint density at radius 3 is 0.972 bits per heavy atom. The van der Waals surface area contributed by atoms with Gasteiger partial charge in [-0.2, -0.15) is 0 Å². The maximum Gasteiger partial charge on any atom is 0.255 e. The van der Waals surface area contributed by atoms with Crippen LogP contribution in [0.1, 0.15) is 84.9 Å². The fourth-order valence-corrected chi connectivity index (χ4v) is 10.2. The molecular formula is C69H93F11N24O4. The van der Waals surface area contributed by atoms with Crippen LogP contribution in [0.4, 0.5) is 71.6 Å². The van der Waals surface area contributed by atoms with Crippen LogP contribution in [0.2, 0.25) is 0 Å². The van der Waals surface area contributed by atoms with E-state index in [1.165, 1.54) is 69.3 Å². The molecule has 12 heterocycles. The summed E-state index contributed by atoms with van der Waals surface area (Å²) in [5.41, 5.74) is -1.33. The number of carbonyl (C=O) groups is 4. The molecule has 11 N–H and O–H groups in total. The minimum atomic E-state index is -2.71. The minimum absolute atomic E-state index is 0. The van der Waals surface area contributed by atoms with E-state index < -0.39 is 100 Å². The summed E-state index contributed by atoms with van der Waals surface area (Å²) >= 11 is 0. The van der Waals surface area contributed by atoms with Crippen LogP contribution in [0, 0.1) is 46.5 Å². The molecule has 0 aromatic carbocycles. The zero-order chi connectivity index (χ0) is 78.7. The number of hydrogen-bond acceptors (Lipinski definition) is 20. The smallest absolute Gasteiger partial charge is 0.255 e. The van der Waals surface area contributed by atoms with Gasteiger partial charge in [-0.25, -0.2) is 108 Å². The molecule has 108 heavy (non-hydrogen) atoms. The van der Waals surface area contributed by atoms with Crippen molar-refractivity contribution in [3.8, 4) is 45.6 Å². The SMILES string of the molecule is CC(C)(Nc1nc(-c2c[nH]c3ncc(F)cc23)ncc1F)C(=O)NCC(F)F.CC(C)(Nc1nc(-c2c[nH]c3ncc(F)cc23)ncc1F)C(=O)NCCF.CCN(C)C(=O)C(C)(C)Nc1nc(-c2c[nH]c3ncc(F)cc23)ncc1F.CCNC(=O)C(C)(C)Nc1nc(-c2c[nH]c3ncc(F)cc23)ncc1F.[HH].[HH].[HH].[HH].[HH].[HH].[HH].[HH].[HH].[HH].[HH]. The van der Waals surface area contributed by atoms with Gasteiger partial charge in [0.2, 0.25) is 23.6 Å². The highest BCUT2D eigenvalue weighted by molar-refractivity contribution is 5.96. The Hall–Kier alpha value is -12.6. The Kier molecular flexibility index (Phi) is 24.5. The number of fused-ring (bicyclic) bond motifs is 4. The number of H-pyrrole nitrogens is 4. The predicted molar refractivity (Wildman–Crippen MR) is 402 cm³/mol. The third kappa shape index (κ3) is 18.9. The standard InChI is InChI=1S/C18H20F2N6O.C17H16F4N6O.C17H17F3N6O.C17H18F2N6O.11H2/c1-5-26(4)17(27)18(2,3)25-16-13(20)9-23-15(24-16)12-8-22-14-11(12)6-10(19)7-21-14;1-17(2,16(28)25-7-12(20)21)27-15-11(19)6-24-14(26-15)10-5-23-13-9(10)3-8(18)4-22-13;1-17(2,16(27)21-4-3-18)26-15-12(20)8-24-14(25-15)11-7-23-13-10(11)5-9(19)6-22-13;1-4-20-16(26)17(2,3)25-15-12(19)8-23-14(24-15)11-7-22-13-10(11)5-9(18)6-21-13;;;;;;;;;;;/h6-9H,5H2,1-4H3,(H,21,22)(H,23,24,25);3-6,12H,7H2,1-2H3,(H,22,23)(H,25,28)(H,24,26,27);5-8H,3-4H2,1-2H3,(H,21,27)(H,22,23)(H,24,25,26);5-8H,4H2,1-3H3,(H,20,26)(H,21,22)(H,23,24,25);11*1H. The lowest BCUT2D eigenvalue weighted by Gasteiger charge is -2.30. The van der Waals surface area contributed by atoms with Gasteiger partial charge in [-0.1, -0.05) is 0 Å². The van der Waals surface area contributed by atoms with Gasteiger partial charge in [0.05, 0.1) is 56.1 Å². The van der Waals surface area contributed by atoms with Gasteiger partial charge in [0.15, 0.2) is 69.8 Å². The van der Waals surface area contributed by atoms with E-state index in [-0.39, 0.29) is 80.6 Å². The Balaban J connectivity index is -0.00000146. The quantitative estimate of drug-likeness (QED) is 0.0281. The molecule has 0 aliphatic heterocycles. The van der Waals surface area contributed by atoms with Gasteiger partial charge >= 0.3 is 0 Å². The lowest BCUT2D eigenvalue weighted by atomic mass is 10.0. The van der Waals surface area contributed by atoms with Crippen LogP contribution >= 0.6 is 0 Å². The van der Waals surface area contributed by atoms with Crippen molar-refractivity contribution < 1.29 is 83.2 Å². The molecule has 0 unspecified atom stereocenters. The molecule has 4 amide bonds. The molecule has 12 aromatic heterocycles. The highest BCUT2D eigenvalue weighted by atomic mass is 19.3. The number of aromatic amines is 4. The van der Waals surface area contributed by atoms with Crippen LogP contribution in [-0.4, -0.2) is 177 Å². The molecule has 12 rings (SSSR count). The second-order valence-corrected chi connectivity index (χ2v) is 25.8. The average molecular weight is 1530 g/mol. The summed E-state index contributed by atoms with van der Waals surface area (Å²) < 4.78 is 148. The molecule has 0 aliphatic carbocycles. The molecule has 0 saturated carbocycles. The predicted octanol–water partition coefficient (Wildman–Crippen LogP) is 13.7. The number of likely N-dealkylation sites (N-methyl/N-ethyl adjacent to an activating group) is 2. The first-order chi connectivity index (χ1) is 51.0. The lowest BCUT2D eigenvalue weighted by molar-refractivity contribution is -0.133. The van der Waals surface area contributed by atoms with Crippen LogP contribution in [0.5, 0.6) is 0 Å². The summed E-state index contributed by atoms with van der Waals surface area (Å²) in [5, 5.41) is 19.8. The molecule has 0 fully saturated rings. The van der Waals surface area contributed by atoms with Crippen molar-refractivity contribution in [3.05, 3.63) is 145 Å². The first-order valence-corrected chi connectivity index (χ1v) is 32.7. The topological polar surface area (TPSA) is 374 Å². The normalized spacial score (nSPS) is 11.7. The molecule has 0 atom stereocenters. The van der Waals surface area contributed by atoms with Crippen molar-refractivity contribution >= 4 is 91.0 Å². The van der Waals surface area contributed by atoms with Crippen molar-refractivity contribution in [2.45, 2.75) is 97.8 Å². The number of halogens is 11. The molecular weight excluding hydrogens is 1440 g/mol. The summed E-state index contributed by atoms with van der Waals surface area (Å²) in [5.74, 6) is -7.08. The molecule has 12 aromatic rings. The Labute approximate surface area is 623 Å². The number of anilines is 4. The van der Waals surface area contributed by atoms with Gasteiger partial charge in [0.25, 0.3) is 6.43 Å². The summed E-state index contributed by atoms with van der Waals surface area (Å²) in [6.45, 7) is 15.3. The molecule has 0 spiro atoms. The molecule has 0 bridgehead atoms. The van der Waals surface area contributed by atoms with E-state index in [9.17, 15) is 67.5 Å². The Morgan fingerprint density at radius 1 is 0.426 bits per heavy atom. The minimum Gasteiger partial charge on any atom is -0.354 e. The second kappa shape index (κ2) is 33.2. The molecule has 0 aliphatic rings. The lowest BCUT2D eigenvalue weighted by Crippen LogP contribution is -2.49. The summed E-state index contributed by atoms with van der Waals surface area (Å²) in [4.78, 5) is 110. The van der Waals surface area contributed by atoms with Crippen LogP contribution in [0.3, 0.4) is 0 Å². The maximum absolute atomic E-state index is 14.3. The van der Waals surface area contributed by atoms with Crippen molar-refractivity contribution in [1.29, 1.82) is 0 Å². The van der Waals surface area contributed by atoms with Crippen LogP contribution < -0.4 is 37.2 Å². The largest absolute Gasteiger partial charge is 0.354 e. The van der Waals surface area contributed by atoms with Gasteiger partial charge in [0, 0.05) is 111 Å². The number of nitrogens with zero attached hydrogens (tertiary/aromatic N) is 13. The van der Waals surface area contributed by atoms with Gasteiger partial charge < -0.3 is 62.1 Å². The zero-order valence-corrected chi connectivity index (χ0v) is 59.5. The first kappa shape index (κ1) is 79.5. The highest BCUT2D eigenvalue weighted by Crippen LogP contribution is 2.33. The van der Waals surface area contributed by atoms with Crippen LogP contribution in [-0.2, 0) is 19.2 Å². The molecule has 28 nitrogen and oxygen atoms in total. The third-order valence-electron chi connectivity index (χ3n) is 15.8. The molecule has 590 valence electrons. The van der Waals surface area contributed by atoms with E-state index in [2.05, 4.69) is 117 Å². The highest BCUT2D eigenvalue weighted by Gasteiger charge is 2.34. The van der Waals surface area contributed by atoms with Crippen molar-refractivity contribution in [2.24, 2.45) is 0 Å². The Bertz CT molecular complexity index is 5320. The van der Waals surface area contributed by atoms with E-state index in [1.54, 1.807) is 54.1 Å². The van der Waals surface area contributed by atoms with Crippen LogP contribution in [0.25, 0.3) is 89.7 Å². The number of amides is 4. The van der Waals surface area contributed by atoms with Gasteiger partial charge in [-0.15, -0.1) is 0 Å². The number of nitrogens with one attached hydrogen (secondary N) is 11. The van der Waals surface area contributed by atoms with Gasteiger partial charge in [-0.05, 0) is 93.5 Å². The summed E-state index contributed by atoms with van der Waals surface area (Å²) in [6, 6.07) is 5.10. The average Bonchev–Trinajstić information content (AvgIpc) is 1.69. The Morgan fingerprint density at radius 2 is 0.704 bits per heavy atom. The number of alkyl halides is 3. The maximum atomic E-state index is 14.3. The van der Waals surface area contributed by atoms with Crippen molar-refractivity contribution in [3.63, 3.8) is 0 Å². The van der Waals surface area contributed by atoms with Crippen molar-refractivity contribution in [2.75, 3.05) is 61.2 Å². The van der Waals surface area contributed by atoms with Gasteiger partial charge in [0.1, 0.15) is 74.7 Å². The number of carbonyl (C=O) groups excluding carboxylic acids is 4. The van der Waals surface area contributed by atoms with E-state index in [4.69, 9.17) is 0 Å². The van der Waals surface area contributed by atoms with Crippen LogP contribution in [0.15, 0.2) is 98.6 Å². The second-order valence-electron chi connectivity index (χ2n) is 25.8. The monoisotopic (exact) mass is 1530 g/mol. The summed E-state index contributed by atoms with van der Waals surface area (Å²) in [6.07, 6.45) is 11.6. The van der Waals surface area contributed by atoms with Crippen molar-refractivity contribution in [1.82, 2.24) is 101 Å². The van der Waals surface area contributed by atoms with E-state index in [0.717, 1.165) is 49.6 Å². The number of hydrogen-bond donors (Lipinski definition) is 11.